The quantitative estimate of drug-likeness (QED) is 0.852. The maximum Gasteiger partial charge on any atom is 0.203 e. The number of rotatable bonds is 7. The van der Waals surface area contributed by atoms with Gasteiger partial charge < -0.3 is 19.9 Å². The number of hydrogen-bond acceptors (Lipinski definition) is 4. The van der Waals surface area contributed by atoms with Crippen LogP contribution in [0, 0.1) is 5.82 Å². The second kappa shape index (κ2) is 7.83. The molecule has 0 saturated carbocycles. The Morgan fingerprint density at radius 2 is 1.61 bits per heavy atom. The van der Waals surface area contributed by atoms with Crippen LogP contribution in [0.5, 0.6) is 17.2 Å². The minimum absolute atomic E-state index is 0.0550. The van der Waals surface area contributed by atoms with Crippen molar-refractivity contribution in [1.29, 1.82) is 0 Å². The molecule has 2 rings (SSSR count). The maximum atomic E-state index is 13.9. The van der Waals surface area contributed by atoms with E-state index < -0.39 is 0 Å². The molecule has 1 atom stereocenters. The predicted molar refractivity (Wildman–Crippen MR) is 88.0 cm³/mol. The molecule has 4 nitrogen and oxygen atoms in total. The molecular formula is C18H22FNO3. The van der Waals surface area contributed by atoms with Gasteiger partial charge in [0.1, 0.15) is 5.82 Å². The summed E-state index contributed by atoms with van der Waals surface area (Å²) in [5.41, 5.74) is 7.48. The van der Waals surface area contributed by atoms with E-state index in [9.17, 15) is 4.39 Å². The van der Waals surface area contributed by atoms with Gasteiger partial charge in [0, 0.05) is 5.92 Å². The predicted octanol–water partition coefficient (Wildman–Crippen LogP) is 3.14. The van der Waals surface area contributed by atoms with Gasteiger partial charge in [0.2, 0.25) is 5.75 Å². The van der Waals surface area contributed by atoms with Crippen molar-refractivity contribution < 1.29 is 18.6 Å². The highest BCUT2D eigenvalue weighted by Gasteiger charge is 2.19. The molecule has 0 heterocycles. The molecule has 0 aromatic heterocycles. The zero-order valence-corrected chi connectivity index (χ0v) is 13.6. The Hall–Kier alpha value is -2.27. The Kier molecular flexibility index (Phi) is 5.82. The molecule has 5 heteroatoms. The van der Waals surface area contributed by atoms with Crippen LogP contribution in [0.4, 0.5) is 4.39 Å². The van der Waals surface area contributed by atoms with Crippen LogP contribution in [0.3, 0.4) is 0 Å². The second-order valence-corrected chi connectivity index (χ2v) is 5.19. The van der Waals surface area contributed by atoms with Gasteiger partial charge in [-0.15, -0.1) is 0 Å². The van der Waals surface area contributed by atoms with Gasteiger partial charge in [-0.25, -0.2) is 4.39 Å². The summed E-state index contributed by atoms with van der Waals surface area (Å²) in [6.45, 7) is 0.382. The topological polar surface area (TPSA) is 53.7 Å². The van der Waals surface area contributed by atoms with Crippen molar-refractivity contribution in [2.24, 2.45) is 5.73 Å². The minimum atomic E-state index is -0.224. The summed E-state index contributed by atoms with van der Waals surface area (Å²) in [6.07, 6.45) is 0.502. The molecule has 0 aliphatic rings. The van der Waals surface area contributed by atoms with Crippen molar-refractivity contribution in [1.82, 2.24) is 0 Å². The number of halogens is 1. The van der Waals surface area contributed by atoms with E-state index in [1.54, 1.807) is 33.5 Å². The van der Waals surface area contributed by atoms with E-state index in [-0.39, 0.29) is 11.7 Å². The van der Waals surface area contributed by atoms with E-state index in [1.807, 2.05) is 18.2 Å². The monoisotopic (exact) mass is 319 g/mol. The summed E-state index contributed by atoms with van der Waals surface area (Å²) in [5, 5.41) is 0. The second-order valence-electron chi connectivity index (χ2n) is 5.19. The third-order valence-electron chi connectivity index (χ3n) is 3.87. The van der Waals surface area contributed by atoms with E-state index in [2.05, 4.69) is 0 Å². The van der Waals surface area contributed by atoms with E-state index in [0.29, 0.717) is 35.8 Å². The minimum Gasteiger partial charge on any atom is -0.493 e. The molecule has 2 aromatic carbocycles. The molecule has 0 aliphatic heterocycles. The first-order chi connectivity index (χ1) is 11.1. The lowest BCUT2D eigenvalue weighted by atomic mass is 9.91. The van der Waals surface area contributed by atoms with E-state index in [4.69, 9.17) is 19.9 Å². The van der Waals surface area contributed by atoms with E-state index >= 15 is 0 Å². The van der Waals surface area contributed by atoms with Gasteiger partial charge in [0.15, 0.2) is 11.5 Å². The molecule has 0 radical (unpaired) electrons. The number of ether oxygens (including phenoxy) is 3. The standard InChI is InChI=1S/C18H22FNO3/c1-21-16-9-13(10-17(22-2)18(16)23-3)14(11-20)8-12-6-4-5-7-15(12)19/h4-7,9-10,14H,8,11,20H2,1-3H3. The largest absolute Gasteiger partial charge is 0.493 e. The highest BCUT2D eigenvalue weighted by Crippen LogP contribution is 2.40. The lowest BCUT2D eigenvalue weighted by Gasteiger charge is -2.20. The fraction of sp³-hybridized carbons (Fsp3) is 0.333. The van der Waals surface area contributed by atoms with Crippen LogP contribution in [0.1, 0.15) is 17.0 Å². The summed E-state index contributed by atoms with van der Waals surface area (Å²) in [6, 6.07) is 10.4. The van der Waals surface area contributed by atoms with Gasteiger partial charge in [-0.1, -0.05) is 18.2 Å². The van der Waals surface area contributed by atoms with Crippen molar-refractivity contribution in [2.45, 2.75) is 12.3 Å². The number of hydrogen-bond donors (Lipinski definition) is 1. The molecule has 0 bridgehead atoms. The van der Waals surface area contributed by atoms with E-state index in [0.717, 1.165) is 5.56 Å². The molecule has 2 aromatic rings. The zero-order valence-electron chi connectivity index (χ0n) is 13.6. The van der Waals surface area contributed by atoms with Crippen LogP contribution in [0.15, 0.2) is 36.4 Å². The van der Waals surface area contributed by atoms with Gasteiger partial charge in [0.25, 0.3) is 0 Å². The average molecular weight is 319 g/mol. The normalized spacial score (nSPS) is 11.9. The van der Waals surface area contributed by atoms with E-state index in [1.165, 1.54) is 6.07 Å². The molecule has 2 N–H and O–H groups in total. The Morgan fingerprint density at radius 3 is 2.09 bits per heavy atom. The molecular weight excluding hydrogens is 297 g/mol. The first-order valence-corrected chi connectivity index (χ1v) is 7.38. The lowest BCUT2D eigenvalue weighted by Crippen LogP contribution is -2.16. The fourth-order valence-corrected chi connectivity index (χ4v) is 2.60. The molecule has 0 aliphatic carbocycles. The zero-order chi connectivity index (χ0) is 16.8. The van der Waals surface area contributed by atoms with Gasteiger partial charge in [-0.05, 0) is 42.3 Å². The number of methoxy groups -OCH3 is 3. The molecule has 0 saturated heterocycles. The third-order valence-corrected chi connectivity index (χ3v) is 3.87. The summed E-state index contributed by atoms with van der Waals surface area (Å²) >= 11 is 0. The molecule has 124 valence electrons. The fourth-order valence-electron chi connectivity index (χ4n) is 2.60. The van der Waals surface area contributed by atoms with Crippen molar-refractivity contribution >= 4 is 0 Å². The summed E-state index contributed by atoms with van der Waals surface area (Å²) in [4.78, 5) is 0. The number of benzene rings is 2. The molecule has 1 unspecified atom stereocenters. The van der Waals surface area contributed by atoms with Gasteiger partial charge in [-0.3, -0.25) is 0 Å². The number of nitrogens with two attached hydrogens (primary N) is 1. The molecule has 23 heavy (non-hydrogen) atoms. The van der Waals surface area contributed by atoms with Gasteiger partial charge in [-0.2, -0.15) is 0 Å². The summed E-state index contributed by atoms with van der Waals surface area (Å²) in [7, 11) is 4.69. The SMILES string of the molecule is COc1cc(C(CN)Cc2ccccc2F)cc(OC)c1OC. The lowest BCUT2D eigenvalue weighted by molar-refractivity contribution is 0.323. The molecule has 0 spiro atoms. The average Bonchev–Trinajstić information content (AvgIpc) is 2.59. The van der Waals surface area contributed by atoms with Crippen LogP contribution >= 0.6 is 0 Å². The summed E-state index contributed by atoms with van der Waals surface area (Å²) < 4.78 is 30.0. The van der Waals surface area contributed by atoms with Crippen LogP contribution < -0.4 is 19.9 Å². The van der Waals surface area contributed by atoms with Crippen LogP contribution in [-0.4, -0.2) is 27.9 Å². The first kappa shape index (κ1) is 17.1. The Bertz CT molecular complexity index is 635. The van der Waals surface area contributed by atoms with Crippen molar-refractivity contribution in [3.05, 3.63) is 53.3 Å². The Morgan fingerprint density at radius 1 is 1.00 bits per heavy atom. The van der Waals surface area contributed by atoms with Gasteiger partial charge >= 0.3 is 0 Å². The Labute approximate surface area is 136 Å². The van der Waals surface area contributed by atoms with Crippen LogP contribution in [0.25, 0.3) is 0 Å². The highest BCUT2D eigenvalue weighted by molar-refractivity contribution is 5.54. The summed E-state index contributed by atoms with van der Waals surface area (Å²) in [5.74, 6) is 1.38. The highest BCUT2D eigenvalue weighted by atomic mass is 19.1. The third kappa shape index (κ3) is 3.74. The molecule has 0 amide bonds. The smallest absolute Gasteiger partial charge is 0.203 e. The van der Waals surface area contributed by atoms with Gasteiger partial charge in [0.05, 0.1) is 21.3 Å². The van der Waals surface area contributed by atoms with Crippen LogP contribution in [-0.2, 0) is 6.42 Å². The Balaban J connectivity index is 2.39. The van der Waals surface area contributed by atoms with Crippen LogP contribution in [0.2, 0.25) is 0 Å². The first-order valence-electron chi connectivity index (χ1n) is 7.38. The van der Waals surface area contributed by atoms with Crippen molar-refractivity contribution in [3.8, 4) is 17.2 Å². The van der Waals surface area contributed by atoms with Crippen molar-refractivity contribution in [3.63, 3.8) is 0 Å². The maximum absolute atomic E-state index is 13.9. The molecule has 0 fully saturated rings. The van der Waals surface area contributed by atoms with Crippen molar-refractivity contribution in [2.75, 3.05) is 27.9 Å².